The number of ether oxygens (including phenoxy) is 2. The van der Waals surface area contributed by atoms with Gasteiger partial charge in [-0.1, -0.05) is 30.3 Å². The first kappa shape index (κ1) is 31.0. The minimum atomic E-state index is -4.75. The van der Waals surface area contributed by atoms with Crippen LogP contribution in [0.4, 0.5) is 36.3 Å². The number of aromatic nitrogens is 2. The van der Waals surface area contributed by atoms with E-state index in [-0.39, 0.29) is 24.4 Å². The summed E-state index contributed by atoms with van der Waals surface area (Å²) in [5.41, 5.74) is 5.73. The van der Waals surface area contributed by atoms with E-state index in [0.717, 1.165) is 49.8 Å². The number of carbonyl (C=O) groups is 1. The summed E-state index contributed by atoms with van der Waals surface area (Å²) < 4.78 is 46.4. The zero-order valence-corrected chi connectivity index (χ0v) is 24.6. The summed E-state index contributed by atoms with van der Waals surface area (Å²) >= 11 is 0. The average Bonchev–Trinajstić information content (AvgIpc) is 3.00. The molecule has 0 saturated carbocycles. The molecule has 0 amide bonds. The number of nitrogens with one attached hydrogen (secondary N) is 1. The molecule has 3 aromatic carbocycles. The Bertz CT molecular complexity index is 1560. The first-order valence-corrected chi connectivity index (χ1v) is 14.3. The van der Waals surface area contributed by atoms with Crippen LogP contribution in [0.2, 0.25) is 0 Å². The normalized spacial score (nSPS) is 13.8. The number of nitrogens with zero attached hydrogens (tertiary/aromatic N) is 4. The van der Waals surface area contributed by atoms with Gasteiger partial charge < -0.3 is 19.7 Å². The number of halogens is 3. The molecule has 0 spiro atoms. The highest BCUT2D eigenvalue weighted by Crippen LogP contribution is 2.26. The van der Waals surface area contributed by atoms with Gasteiger partial charge in [-0.3, -0.25) is 9.69 Å². The topological polar surface area (TPSA) is 79.8 Å². The molecule has 8 nitrogen and oxygen atoms in total. The monoisotopic (exact) mass is 605 g/mol. The predicted octanol–water partition coefficient (Wildman–Crippen LogP) is 6.38. The summed E-state index contributed by atoms with van der Waals surface area (Å²) in [7, 11) is 1.91. The number of morpholine rings is 1. The molecule has 11 heteroatoms. The Labute approximate surface area is 254 Å². The summed E-state index contributed by atoms with van der Waals surface area (Å²) in [6.45, 7) is 6.35. The molecule has 44 heavy (non-hydrogen) atoms. The number of aryl methyl sites for hydroxylation is 1. The first-order chi connectivity index (χ1) is 21.1. The smallest absolute Gasteiger partial charge is 0.406 e. The summed E-state index contributed by atoms with van der Waals surface area (Å²) in [4.78, 5) is 26.0. The lowest BCUT2D eigenvalue weighted by Crippen LogP contribution is -2.35. The number of ketones is 1. The maximum absolute atomic E-state index is 12.6. The molecule has 0 bridgehead atoms. The van der Waals surface area contributed by atoms with E-state index >= 15 is 0 Å². The lowest BCUT2D eigenvalue weighted by Gasteiger charge is -2.27. The van der Waals surface area contributed by atoms with Crippen molar-refractivity contribution in [2.45, 2.75) is 32.7 Å². The first-order valence-electron chi connectivity index (χ1n) is 14.3. The summed E-state index contributed by atoms with van der Waals surface area (Å²) in [5, 5.41) is 3.33. The second-order valence-corrected chi connectivity index (χ2v) is 10.7. The van der Waals surface area contributed by atoms with Gasteiger partial charge in [0.25, 0.3) is 0 Å². The molecule has 0 radical (unpaired) electrons. The van der Waals surface area contributed by atoms with Crippen LogP contribution < -0.4 is 15.0 Å². The van der Waals surface area contributed by atoms with E-state index in [2.05, 4.69) is 39.0 Å². The van der Waals surface area contributed by atoms with Gasteiger partial charge in [-0.2, -0.15) is 4.98 Å². The van der Waals surface area contributed by atoms with E-state index in [1.54, 1.807) is 6.20 Å². The van der Waals surface area contributed by atoms with Gasteiger partial charge in [-0.05, 0) is 71.6 Å². The zero-order valence-electron chi connectivity index (χ0n) is 24.6. The molecule has 2 heterocycles. The van der Waals surface area contributed by atoms with E-state index in [9.17, 15) is 18.0 Å². The standard InChI is InChI=1S/C33H34F3N5O3/c1-23-3-8-27(21-26(23)22-41-15-17-43-18-16-41)38-32-37-14-13-31(39-32)40(2)28-9-4-24(5-10-28)19-29(42)20-25-6-11-30(12-7-25)44-33(34,35)36/h3-14,21H,15-20,22H2,1-2H3,(H,37,38,39). The molecule has 1 aliphatic heterocycles. The Hall–Kier alpha value is -4.48. The predicted molar refractivity (Wildman–Crippen MR) is 163 cm³/mol. The van der Waals surface area contributed by atoms with Crippen LogP contribution in [0, 0.1) is 6.92 Å². The van der Waals surface area contributed by atoms with Crippen LogP contribution in [-0.4, -0.2) is 60.4 Å². The van der Waals surface area contributed by atoms with Crippen molar-refractivity contribution in [3.8, 4) is 5.75 Å². The number of hydrogen-bond donors (Lipinski definition) is 1. The molecule has 1 N–H and O–H groups in total. The van der Waals surface area contributed by atoms with Crippen LogP contribution in [0.25, 0.3) is 0 Å². The largest absolute Gasteiger partial charge is 0.573 e. The Morgan fingerprint density at radius 3 is 2.30 bits per heavy atom. The molecule has 5 rings (SSSR count). The van der Waals surface area contributed by atoms with Crippen LogP contribution in [-0.2, 0) is 28.9 Å². The minimum absolute atomic E-state index is 0.0497. The maximum atomic E-state index is 12.6. The molecule has 230 valence electrons. The van der Waals surface area contributed by atoms with Crippen molar-refractivity contribution >= 4 is 28.9 Å². The summed E-state index contributed by atoms with van der Waals surface area (Å²) in [5.74, 6) is 0.816. The molecule has 0 aliphatic carbocycles. The van der Waals surface area contributed by atoms with Crippen LogP contribution in [0.5, 0.6) is 5.75 Å². The van der Waals surface area contributed by atoms with Crippen molar-refractivity contribution in [1.29, 1.82) is 0 Å². The van der Waals surface area contributed by atoms with Crippen molar-refractivity contribution in [1.82, 2.24) is 14.9 Å². The van der Waals surface area contributed by atoms with E-state index in [0.29, 0.717) is 17.3 Å². The lowest BCUT2D eigenvalue weighted by atomic mass is 10.0. The maximum Gasteiger partial charge on any atom is 0.573 e. The Morgan fingerprint density at radius 1 is 0.977 bits per heavy atom. The second kappa shape index (κ2) is 13.9. The number of rotatable bonds is 11. The fourth-order valence-corrected chi connectivity index (χ4v) is 4.94. The fraction of sp³-hybridized carbons (Fsp3) is 0.303. The van der Waals surface area contributed by atoms with Gasteiger partial charge in [0.1, 0.15) is 17.4 Å². The third-order valence-electron chi connectivity index (χ3n) is 7.37. The van der Waals surface area contributed by atoms with Crippen LogP contribution in [0.3, 0.4) is 0 Å². The highest BCUT2D eigenvalue weighted by molar-refractivity contribution is 5.83. The molecule has 1 fully saturated rings. The lowest BCUT2D eigenvalue weighted by molar-refractivity contribution is -0.274. The zero-order chi connectivity index (χ0) is 31.1. The highest BCUT2D eigenvalue weighted by Gasteiger charge is 2.31. The van der Waals surface area contributed by atoms with Crippen molar-refractivity contribution < 1.29 is 27.4 Å². The molecule has 0 unspecified atom stereocenters. The molecule has 4 aromatic rings. The van der Waals surface area contributed by atoms with Gasteiger partial charge in [0.05, 0.1) is 13.2 Å². The van der Waals surface area contributed by atoms with Gasteiger partial charge in [0.2, 0.25) is 5.95 Å². The third kappa shape index (κ3) is 8.77. The van der Waals surface area contributed by atoms with Gasteiger partial charge >= 0.3 is 6.36 Å². The van der Waals surface area contributed by atoms with Crippen LogP contribution >= 0.6 is 0 Å². The molecule has 1 aliphatic rings. The van der Waals surface area contributed by atoms with Gasteiger partial charge in [0, 0.05) is 57.1 Å². The fourth-order valence-electron chi connectivity index (χ4n) is 4.94. The Morgan fingerprint density at radius 2 is 1.64 bits per heavy atom. The molecule has 0 atom stereocenters. The molecule has 1 aromatic heterocycles. The summed E-state index contributed by atoms with van der Waals surface area (Å²) in [6, 6.07) is 21.0. The van der Waals surface area contributed by atoms with Crippen LogP contribution in [0.15, 0.2) is 79.0 Å². The van der Waals surface area contributed by atoms with E-state index in [4.69, 9.17) is 9.72 Å². The number of alkyl halides is 3. The molecule has 1 saturated heterocycles. The second-order valence-electron chi connectivity index (χ2n) is 10.7. The summed E-state index contributed by atoms with van der Waals surface area (Å²) in [6.07, 6.45) is -2.73. The Kier molecular flexibility index (Phi) is 9.76. The number of Topliss-reactive ketones (excluding diaryl/α,β-unsaturated/α-hetero) is 1. The molecular formula is C33H34F3N5O3. The molecular weight excluding hydrogens is 571 g/mol. The van der Waals surface area contributed by atoms with Crippen molar-refractivity contribution in [2.75, 3.05) is 43.6 Å². The van der Waals surface area contributed by atoms with Crippen molar-refractivity contribution in [2.24, 2.45) is 0 Å². The van der Waals surface area contributed by atoms with Gasteiger partial charge in [-0.15, -0.1) is 13.2 Å². The van der Waals surface area contributed by atoms with E-state index < -0.39 is 6.36 Å². The highest BCUT2D eigenvalue weighted by atomic mass is 19.4. The van der Waals surface area contributed by atoms with Crippen LogP contribution in [0.1, 0.15) is 22.3 Å². The van der Waals surface area contributed by atoms with E-state index in [1.807, 2.05) is 48.3 Å². The van der Waals surface area contributed by atoms with Crippen molar-refractivity contribution in [3.05, 3.63) is 101 Å². The van der Waals surface area contributed by atoms with Crippen molar-refractivity contribution in [3.63, 3.8) is 0 Å². The van der Waals surface area contributed by atoms with Gasteiger partial charge in [0.15, 0.2) is 0 Å². The minimum Gasteiger partial charge on any atom is -0.406 e. The number of carbonyl (C=O) groups excluding carboxylic acids is 1. The number of hydrogen-bond acceptors (Lipinski definition) is 8. The average molecular weight is 606 g/mol. The van der Waals surface area contributed by atoms with E-state index in [1.165, 1.54) is 35.4 Å². The number of benzene rings is 3. The number of anilines is 4. The SMILES string of the molecule is Cc1ccc(Nc2nccc(N(C)c3ccc(CC(=O)Cc4ccc(OC(F)(F)F)cc4)cc3)n2)cc1CN1CCOCC1. The van der Waals surface area contributed by atoms with Gasteiger partial charge in [-0.25, -0.2) is 4.98 Å². The third-order valence-corrected chi connectivity index (χ3v) is 7.37. The quantitative estimate of drug-likeness (QED) is 0.211. The Balaban J connectivity index is 1.17.